The van der Waals surface area contributed by atoms with E-state index in [0.717, 1.165) is 12.3 Å². The molecule has 1 aliphatic heterocycles. The SMILES string of the molecule is O=C1CCN(C(=O)c2ccnc(F)c2F)CCN1. The third kappa shape index (κ3) is 2.44. The number of rotatable bonds is 1. The number of hydrogen-bond donors (Lipinski definition) is 1. The van der Waals surface area contributed by atoms with Crippen molar-refractivity contribution in [2.45, 2.75) is 6.42 Å². The van der Waals surface area contributed by atoms with Crippen LogP contribution in [0.2, 0.25) is 0 Å². The Morgan fingerprint density at radius 1 is 1.39 bits per heavy atom. The molecule has 0 unspecified atom stereocenters. The van der Waals surface area contributed by atoms with E-state index in [4.69, 9.17) is 0 Å². The van der Waals surface area contributed by atoms with Crippen LogP contribution in [0.15, 0.2) is 12.3 Å². The van der Waals surface area contributed by atoms with Crippen molar-refractivity contribution in [3.05, 3.63) is 29.6 Å². The number of pyridine rings is 1. The fraction of sp³-hybridized carbons (Fsp3) is 0.364. The Bertz CT molecular complexity index is 493. The number of aromatic nitrogens is 1. The zero-order valence-electron chi connectivity index (χ0n) is 9.45. The summed E-state index contributed by atoms with van der Waals surface area (Å²) < 4.78 is 26.3. The number of hydrogen-bond acceptors (Lipinski definition) is 3. The van der Waals surface area contributed by atoms with Crippen LogP contribution in [0.3, 0.4) is 0 Å². The molecule has 96 valence electrons. The van der Waals surface area contributed by atoms with Crippen LogP contribution in [0.5, 0.6) is 0 Å². The van der Waals surface area contributed by atoms with E-state index in [9.17, 15) is 18.4 Å². The van der Waals surface area contributed by atoms with E-state index in [0.29, 0.717) is 6.54 Å². The van der Waals surface area contributed by atoms with Crippen LogP contribution in [0.1, 0.15) is 16.8 Å². The van der Waals surface area contributed by atoms with E-state index in [1.54, 1.807) is 0 Å². The number of nitrogens with zero attached hydrogens (tertiary/aromatic N) is 2. The molecular formula is C11H11F2N3O2. The first-order valence-electron chi connectivity index (χ1n) is 5.45. The summed E-state index contributed by atoms with van der Waals surface area (Å²) in [5, 5.41) is 2.59. The average molecular weight is 255 g/mol. The Kier molecular flexibility index (Phi) is 3.50. The molecule has 0 aliphatic carbocycles. The van der Waals surface area contributed by atoms with E-state index >= 15 is 0 Å². The third-order valence-corrected chi connectivity index (χ3v) is 2.68. The molecule has 0 atom stereocenters. The first-order chi connectivity index (χ1) is 8.59. The van der Waals surface area contributed by atoms with Crippen LogP contribution in [0.25, 0.3) is 0 Å². The highest BCUT2D eigenvalue weighted by molar-refractivity contribution is 5.94. The van der Waals surface area contributed by atoms with Crippen LogP contribution in [0, 0.1) is 11.8 Å². The Balaban J connectivity index is 2.20. The van der Waals surface area contributed by atoms with Crippen LogP contribution in [-0.2, 0) is 4.79 Å². The van der Waals surface area contributed by atoms with Crippen molar-refractivity contribution in [1.29, 1.82) is 0 Å². The largest absolute Gasteiger partial charge is 0.354 e. The Labute approximate surface area is 102 Å². The molecule has 1 N–H and O–H groups in total. The highest BCUT2D eigenvalue weighted by Gasteiger charge is 2.23. The highest BCUT2D eigenvalue weighted by atomic mass is 19.2. The predicted molar refractivity (Wildman–Crippen MR) is 57.7 cm³/mol. The molecule has 1 fully saturated rings. The second kappa shape index (κ2) is 5.07. The standard InChI is InChI=1S/C11H11F2N3O2/c12-9-7(1-3-15-10(9)13)11(18)16-5-2-8(17)14-4-6-16/h1,3H,2,4-6H2,(H,14,17). The van der Waals surface area contributed by atoms with Crippen molar-refractivity contribution in [3.8, 4) is 0 Å². The monoisotopic (exact) mass is 255 g/mol. The second-order valence-electron chi connectivity index (χ2n) is 3.86. The zero-order chi connectivity index (χ0) is 13.1. The number of carbonyl (C=O) groups is 2. The van der Waals surface area contributed by atoms with Gasteiger partial charge in [0.15, 0.2) is 5.82 Å². The molecule has 1 saturated heterocycles. The minimum Gasteiger partial charge on any atom is -0.354 e. The lowest BCUT2D eigenvalue weighted by Crippen LogP contribution is -2.34. The normalized spacial score (nSPS) is 16.1. The van der Waals surface area contributed by atoms with E-state index in [-0.39, 0.29) is 31.0 Å². The summed E-state index contributed by atoms with van der Waals surface area (Å²) in [6, 6.07) is 1.13. The van der Waals surface area contributed by atoms with Crippen LogP contribution < -0.4 is 5.32 Å². The highest BCUT2D eigenvalue weighted by Crippen LogP contribution is 2.12. The smallest absolute Gasteiger partial charge is 0.257 e. The fourth-order valence-corrected chi connectivity index (χ4v) is 1.72. The molecule has 1 aromatic heterocycles. The van der Waals surface area contributed by atoms with Crippen molar-refractivity contribution in [3.63, 3.8) is 0 Å². The van der Waals surface area contributed by atoms with Crippen molar-refractivity contribution in [2.75, 3.05) is 19.6 Å². The van der Waals surface area contributed by atoms with Gasteiger partial charge in [-0.05, 0) is 6.07 Å². The van der Waals surface area contributed by atoms with E-state index < -0.39 is 17.7 Å². The van der Waals surface area contributed by atoms with Crippen molar-refractivity contribution in [1.82, 2.24) is 15.2 Å². The van der Waals surface area contributed by atoms with Gasteiger partial charge < -0.3 is 10.2 Å². The van der Waals surface area contributed by atoms with Gasteiger partial charge in [-0.25, -0.2) is 9.37 Å². The minimum absolute atomic E-state index is 0.154. The summed E-state index contributed by atoms with van der Waals surface area (Å²) in [5.74, 6) is -3.35. The maximum atomic E-state index is 13.4. The van der Waals surface area contributed by atoms with Crippen LogP contribution >= 0.6 is 0 Å². The van der Waals surface area contributed by atoms with Gasteiger partial charge in [0.05, 0.1) is 5.56 Å². The van der Waals surface area contributed by atoms with Crippen LogP contribution in [-0.4, -0.2) is 41.3 Å². The van der Waals surface area contributed by atoms with Gasteiger partial charge in [-0.3, -0.25) is 9.59 Å². The quantitative estimate of drug-likeness (QED) is 0.735. The van der Waals surface area contributed by atoms with E-state index in [1.807, 2.05) is 0 Å². The number of amides is 2. The van der Waals surface area contributed by atoms with Gasteiger partial charge in [0.25, 0.3) is 5.91 Å². The Morgan fingerprint density at radius 2 is 2.17 bits per heavy atom. The molecule has 0 saturated carbocycles. The number of nitrogens with one attached hydrogen (secondary N) is 1. The van der Waals surface area contributed by atoms with Gasteiger partial charge in [-0.2, -0.15) is 4.39 Å². The third-order valence-electron chi connectivity index (χ3n) is 2.68. The zero-order valence-corrected chi connectivity index (χ0v) is 9.45. The first kappa shape index (κ1) is 12.4. The maximum Gasteiger partial charge on any atom is 0.257 e. The molecule has 2 heterocycles. The molecule has 1 aromatic rings. The molecule has 5 nitrogen and oxygen atoms in total. The molecule has 7 heteroatoms. The van der Waals surface area contributed by atoms with Crippen molar-refractivity contribution >= 4 is 11.8 Å². The molecule has 18 heavy (non-hydrogen) atoms. The van der Waals surface area contributed by atoms with Gasteiger partial charge >= 0.3 is 0 Å². The van der Waals surface area contributed by atoms with Crippen molar-refractivity contribution in [2.24, 2.45) is 0 Å². The fourth-order valence-electron chi connectivity index (χ4n) is 1.72. The summed E-state index contributed by atoms with van der Waals surface area (Å²) in [6.07, 6.45) is 1.19. The molecule has 1 aliphatic rings. The molecule has 2 amide bonds. The minimum atomic E-state index is -1.30. The number of halogens is 2. The molecule has 0 radical (unpaired) electrons. The topological polar surface area (TPSA) is 62.3 Å². The van der Waals surface area contributed by atoms with Gasteiger partial charge in [0.2, 0.25) is 11.9 Å². The van der Waals surface area contributed by atoms with Crippen LogP contribution in [0.4, 0.5) is 8.78 Å². The van der Waals surface area contributed by atoms with Gasteiger partial charge in [-0.1, -0.05) is 0 Å². The van der Waals surface area contributed by atoms with E-state index in [1.165, 1.54) is 4.90 Å². The lowest BCUT2D eigenvalue weighted by molar-refractivity contribution is -0.120. The molecular weight excluding hydrogens is 244 g/mol. The Hall–Kier alpha value is -2.05. The van der Waals surface area contributed by atoms with E-state index in [2.05, 4.69) is 10.3 Å². The maximum absolute atomic E-state index is 13.4. The lowest BCUT2D eigenvalue weighted by Gasteiger charge is -2.19. The average Bonchev–Trinajstić information content (AvgIpc) is 2.57. The molecule has 0 bridgehead atoms. The predicted octanol–water partition coefficient (Wildman–Crippen LogP) is 0.322. The van der Waals surface area contributed by atoms with Gasteiger partial charge in [0, 0.05) is 32.3 Å². The summed E-state index contributed by atoms with van der Waals surface area (Å²) in [4.78, 5) is 27.5. The summed E-state index contributed by atoms with van der Waals surface area (Å²) in [7, 11) is 0. The first-order valence-corrected chi connectivity index (χ1v) is 5.45. The van der Waals surface area contributed by atoms with Crippen molar-refractivity contribution < 1.29 is 18.4 Å². The molecule has 0 spiro atoms. The lowest BCUT2D eigenvalue weighted by atomic mass is 10.2. The second-order valence-corrected chi connectivity index (χ2v) is 3.86. The number of carbonyl (C=O) groups excluding carboxylic acids is 2. The Morgan fingerprint density at radius 3 is 2.94 bits per heavy atom. The molecule has 2 rings (SSSR count). The summed E-state index contributed by atoms with van der Waals surface area (Å²) >= 11 is 0. The summed E-state index contributed by atoms with van der Waals surface area (Å²) in [6.45, 7) is 0.766. The summed E-state index contributed by atoms with van der Waals surface area (Å²) in [5.41, 5.74) is -0.364. The van der Waals surface area contributed by atoms with Gasteiger partial charge in [-0.15, -0.1) is 0 Å². The molecule has 0 aromatic carbocycles. The van der Waals surface area contributed by atoms with Gasteiger partial charge in [0.1, 0.15) is 0 Å².